The van der Waals surface area contributed by atoms with Crippen molar-refractivity contribution in [3.63, 3.8) is 0 Å². The highest BCUT2D eigenvalue weighted by atomic mass is 32.2. The Bertz CT molecular complexity index is 1120. The molecule has 0 aliphatic carbocycles. The highest BCUT2D eigenvalue weighted by Crippen LogP contribution is 2.23. The molecule has 0 aliphatic rings. The number of carbonyl (C=O) groups is 1. The first-order valence-electron chi connectivity index (χ1n) is 9.27. The maximum absolute atomic E-state index is 12.5. The lowest BCUT2D eigenvalue weighted by atomic mass is 10.2. The van der Waals surface area contributed by atoms with Crippen LogP contribution in [0.15, 0.2) is 65.7 Å². The van der Waals surface area contributed by atoms with Crippen LogP contribution in [0.2, 0.25) is 0 Å². The normalized spacial score (nSPS) is 11.3. The van der Waals surface area contributed by atoms with Crippen molar-refractivity contribution in [1.82, 2.24) is 10.0 Å². The van der Waals surface area contributed by atoms with Crippen LogP contribution >= 0.6 is 0 Å². The molecule has 8 nitrogen and oxygen atoms in total. The van der Waals surface area contributed by atoms with Crippen LogP contribution in [0, 0.1) is 6.92 Å². The predicted molar refractivity (Wildman–Crippen MR) is 112 cm³/mol. The molecule has 0 saturated heterocycles. The van der Waals surface area contributed by atoms with Crippen molar-refractivity contribution in [2.75, 3.05) is 4.72 Å². The van der Waals surface area contributed by atoms with Gasteiger partial charge >= 0.3 is 0 Å². The summed E-state index contributed by atoms with van der Waals surface area (Å²) in [5, 5.41) is 18.8. The largest absolute Gasteiger partial charge is 0.494 e. The number of hydrogen-bond donors (Lipinski definition) is 4. The summed E-state index contributed by atoms with van der Waals surface area (Å²) < 4.78 is 29.1. The lowest BCUT2D eigenvalue weighted by molar-refractivity contribution is -0.129. The molecule has 3 aromatic rings. The number of nitrogens with one attached hydrogen (secondary N) is 2. The summed E-state index contributed by atoms with van der Waals surface area (Å²) in [4.78, 5) is 11.3. The Morgan fingerprint density at radius 1 is 1.03 bits per heavy atom. The first-order valence-corrected chi connectivity index (χ1v) is 10.7. The second kappa shape index (κ2) is 9.02. The van der Waals surface area contributed by atoms with Crippen molar-refractivity contribution < 1.29 is 23.5 Å². The van der Waals surface area contributed by atoms with E-state index in [1.807, 2.05) is 6.92 Å². The fourth-order valence-electron chi connectivity index (χ4n) is 2.94. The Kier molecular flexibility index (Phi) is 6.43. The number of anilines is 1. The fraction of sp³-hybridized carbons (Fsp3) is 0.190. The van der Waals surface area contributed by atoms with E-state index < -0.39 is 15.9 Å². The summed E-state index contributed by atoms with van der Waals surface area (Å²) in [5.41, 5.74) is 4.43. The standard InChI is InChI=1S/C21H23N3O5S/c1-15-2-9-19(10-3-15)30(28,29)23-18-7-4-16(5-8-18)14-24-13-12-17(21(24)26)6-11-20(25)22-27/h2-5,7-10,12-13,23,26-27H,6,11,14H2,1H3,(H,22,25). The lowest BCUT2D eigenvalue weighted by Crippen LogP contribution is -2.18. The van der Waals surface area contributed by atoms with Gasteiger partial charge in [-0.3, -0.25) is 14.7 Å². The van der Waals surface area contributed by atoms with E-state index in [1.54, 1.807) is 70.8 Å². The number of hydrogen-bond acceptors (Lipinski definition) is 5. The molecular weight excluding hydrogens is 406 g/mol. The molecule has 0 aliphatic heterocycles. The zero-order valence-electron chi connectivity index (χ0n) is 16.4. The minimum atomic E-state index is -3.67. The van der Waals surface area contributed by atoms with Gasteiger partial charge in [0.05, 0.1) is 11.4 Å². The van der Waals surface area contributed by atoms with Gasteiger partial charge in [0, 0.05) is 23.9 Å². The molecule has 1 amide bonds. The predicted octanol–water partition coefficient (Wildman–Crippen LogP) is 2.79. The molecule has 1 aromatic heterocycles. The summed E-state index contributed by atoms with van der Waals surface area (Å²) in [5.74, 6) is -0.476. The molecule has 0 bridgehead atoms. The minimum Gasteiger partial charge on any atom is -0.494 e. The number of nitrogens with zero attached hydrogens (tertiary/aromatic N) is 1. The van der Waals surface area contributed by atoms with Gasteiger partial charge in [-0.2, -0.15) is 0 Å². The van der Waals surface area contributed by atoms with Crippen LogP contribution in [0.1, 0.15) is 23.1 Å². The molecule has 1 heterocycles. The average molecular weight is 429 g/mol. The zero-order valence-corrected chi connectivity index (χ0v) is 17.2. The molecule has 0 spiro atoms. The van der Waals surface area contributed by atoms with Gasteiger partial charge in [-0.05, 0) is 49.2 Å². The number of aromatic nitrogens is 1. The number of hydroxylamine groups is 1. The quantitative estimate of drug-likeness (QED) is 0.324. The van der Waals surface area contributed by atoms with Crippen molar-refractivity contribution >= 4 is 21.6 Å². The maximum Gasteiger partial charge on any atom is 0.261 e. The minimum absolute atomic E-state index is 0.0462. The summed E-state index contributed by atoms with van der Waals surface area (Å²) in [7, 11) is -3.67. The first kappa shape index (κ1) is 21.4. The van der Waals surface area contributed by atoms with Gasteiger partial charge in [-0.15, -0.1) is 0 Å². The number of aryl methyl sites for hydroxylation is 2. The SMILES string of the molecule is Cc1ccc(S(=O)(=O)Nc2ccc(Cn3ccc(CCC(=O)NO)c3O)cc2)cc1. The number of carbonyl (C=O) groups excluding carboxylic acids is 1. The number of sulfonamides is 1. The Morgan fingerprint density at radius 3 is 2.33 bits per heavy atom. The van der Waals surface area contributed by atoms with Gasteiger partial charge < -0.3 is 9.67 Å². The third kappa shape index (κ3) is 5.19. The second-order valence-corrected chi connectivity index (χ2v) is 8.63. The Morgan fingerprint density at radius 2 is 1.70 bits per heavy atom. The molecule has 0 fully saturated rings. The van der Waals surface area contributed by atoms with Crippen molar-refractivity contribution in [2.45, 2.75) is 31.2 Å². The molecule has 3 rings (SSSR count). The van der Waals surface area contributed by atoms with Crippen molar-refractivity contribution in [3.05, 3.63) is 77.5 Å². The smallest absolute Gasteiger partial charge is 0.261 e. The van der Waals surface area contributed by atoms with Crippen LogP contribution in [0.5, 0.6) is 5.88 Å². The molecule has 0 saturated carbocycles. The average Bonchev–Trinajstić information content (AvgIpc) is 3.07. The van der Waals surface area contributed by atoms with Crippen LogP contribution in [0.25, 0.3) is 0 Å². The number of aromatic hydroxyl groups is 1. The van der Waals surface area contributed by atoms with Crippen LogP contribution < -0.4 is 10.2 Å². The van der Waals surface area contributed by atoms with Gasteiger partial charge in [0.25, 0.3) is 10.0 Å². The van der Waals surface area contributed by atoms with E-state index >= 15 is 0 Å². The summed E-state index contributed by atoms with van der Waals surface area (Å²) >= 11 is 0. The molecule has 0 radical (unpaired) electrons. The van der Waals surface area contributed by atoms with E-state index in [2.05, 4.69) is 4.72 Å². The Labute approximate surface area is 174 Å². The second-order valence-electron chi connectivity index (χ2n) is 6.94. The maximum atomic E-state index is 12.5. The summed E-state index contributed by atoms with van der Waals surface area (Å²) in [6.45, 7) is 2.27. The Hall–Kier alpha value is -3.30. The summed E-state index contributed by atoms with van der Waals surface area (Å²) in [6, 6.07) is 15.2. The topological polar surface area (TPSA) is 121 Å². The van der Waals surface area contributed by atoms with Gasteiger partial charge in [-0.25, -0.2) is 13.9 Å². The van der Waals surface area contributed by atoms with E-state index in [-0.39, 0.29) is 17.2 Å². The molecular formula is C21H23N3O5S. The number of benzene rings is 2. The molecule has 30 heavy (non-hydrogen) atoms. The Balaban J connectivity index is 1.66. The van der Waals surface area contributed by atoms with Crippen molar-refractivity contribution in [2.24, 2.45) is 0 Å². The van der Waals surface area contributed by atoms with Gasteiger partial charge in [0.15, 0.2) is 5.88 Å². The van der Waals surface area contributed by atoms with E-state index in [0.717, 1.165) is 11.1 Å². The van der Waals surface area contributed by atoms with Gasteiger partial charge in [0.2, 0.25) is 5.91 Å². The van der Waals surface area contributed by atoms with E-state index in [9.17, 15) is 18.3 Å². The highest BCUT2D eigenvalue weighted by molar-refractivity contribution is 7.92. The lowest BCUT2D eigenvalue weighted by Gasteiger charge is -2.10. The van der Waals surface area contributed by atoms with E-state index in [0.29, 0.717) is 24.2 Å². The molecule has 4 N–H and O–H groups in total. The molecule has 9 heteroatoms. The van der Waals surface area contributed by atoms with Gasteiger partial charge in [0.1, 0.15) is 0 Å². The van der Waals surface area contributed by atoms with Crippen molar-refractivity contribution in [3.8, 4) is 5.88 Å². The van der Waals surface area contributed by atoms with Crippen LogP contribution in [-0.2, 0) is 27.8 Å². The third-order valence-electron chi connectivity index (χ3n) is 4.65. The third-order valence-corrected chi connectivity index (χ3v) is 6.05. The number of amides is 1. The molecule has 2 aromatic carbocycles. The molecule has 0 unspecified atom stereocenters. The van der Waals surface area contributed by atoms with Crippen LogP contribution in [0.4, 0.5) is 5.69 Å². The van der Waals surface area contributed by atoms with Gasteiger partial charge in [-0.1, -0.05) is 29.8 Å². The van der Waals surface area contributed by atoms with Crippen LogP contribution in [-0.4, -0.2) is 29.2 Å². The first-order chi connectivity index (χ1) is 14.3. The van der Waals surface area contributed by atoms with E-state index in [1.165, 1.54) is 0 Å². The number of rotatable bonds is 8. The summed E-state index contributed by atoms with van der Waals surface area (Å²) in [6.07, 6.45) is 2.06. The molecule has 158 valence electrons. The van der Waals surface area contributed by atoms with Crippen LogP contribution in [0.3, 0.4) is 0 Å². The van der Waals surface area contributed by atoms with E-state index in [4.69, 9.17) is 5.21 Å². The molecule has 0 atom stereocenters. The van der Waals surface area contributed by atoms with Crippen molar-refractivity contribution in [1.29, 1.82) is 0 Å². The fourth-order valence-corrected chi connectivity index (χ4v) is 4.00. The highest BCUT2D eigenvalue weighted by Gasteiger charge is 2.14. The monoisotopic (exact) mass is 429 g/mol. The zero-order chi connectivity index (χ0) is 21.7.